The Morgan fingerprint density at radius 3 is 0.768 bits per heavy atom. The van der Waals surface area contributed by atoms with Gasteiger partial charge in [0.15, 0.2) is 0 Å². The summed E-state index contributed by atoms with van der Waals surface area (Å²) in [5, 5.41) is 0. The van der Waals surface area contributed by atoms with Crippen LogP contribution < -0.4 is 0 Å². The van der Waals surface area contributed by atoms with Crippen molar-refractivity contribution < 1.29 is 7.74 Å². The van der Waals surface area contributed by atoms with Crippen molar-refractivity contribution in [1.29, 1.82) is 0 Å². The fourth-order valence-electron chi connectivity index (χ4n) is 6.36. The fourth-order valence-corrected chi connectivity index (χ4v) is 21.9. The Morgan fingerprint density at radius 2 is 0.500 bits per heavy atom. The molecule has 278 valence electrons. The van der Waals surface area contributed by atoms with Crippen molar-refractivity contribution in [2.24, 2.45) is 0 Å². The zero-order valence-corrected chi connectivity index (χ0v) is 36.0. The molecule has 0 bridgehead atoms. The van der Waals surface area contributed by atoms with Gasteiger partial charge in [0.1, 0.15) is 0 Å². The van der Waals surface area contributed by atoms with Gasteiger partial charge in [-0.15, -0.1) is 0 Å². The van der Waals surface area contributed by atoms with Crippen LogP contribution in [0.3, 0.4) is 0 Å². The van der Waals surface area contributed by atoms with E-state index in [2.05, 4.69) is 121 Å². The molecule has 0 aliphatic rings. The molecule has 8 heteroatoms. The predicted molar refractivity (Wildman–Crippen MR) is 234 cm³/mol. The third kappa shape index (κ3) is 8.56. The Labute approximate surface area is 350 Å². The van der Waals surface area contributed by atoms with Gasteiger partial charge in [0.25, 0.3) is 0 Å². The van der Waals surface area contributed by atoms with E-state index in [1.165, 1.54) is 0 Å². The molecule has 0 N–H and O–H groups in total. The number of hydrogen-bond acceptors (Lipinski definition) is 4. The summed E-state index contributed by atoms with van der Waals surface area (Å²) in [6.45, 7) is 0. The average molecular weight is 916 g/mol. The SMILES string of the molecule is [F][Sb]([O]S(c1ccccc1)(c1ccccc1)c1ccc(Sc2ccccc2)cc1)[O]S(c1ccccc1)(c1ccccc1)c1ccc(Sc2ccccc2)cc1. The fraction of sp³-hybridized carbons (Fsp3) is 0. The van der Waals surface area contributed by atoms with E-state index in [1.807, 2.05) is 109 Å². The van der Waals surface area contributed by atoms with E-state index in [-0.39, 0.29) is 0 Å². The molecule has 0 fully saturated rings. The van der Waals surface area contributed by atoms with E-state index in [4.69, 9.17) is 4.92 Å². The Balaban J connectivity index is 1.24. The van der Waals surface area contributed by atoms with Gasteiger partial charge in [0.2, 0.25) is 0 Å². The molecule has 0 amide bonds. The maximum atomic E-state index is 18.0. The van der Waals surface area contributed by atoms with E-state index >= 15 is 2.81 Å². The summed E-state index contributed by atoms with van der Waals surface area (Å²) < 4.78 is 32.3. The van der Waals surface area contributed by atoms with Gasteiger partial charge in [0, 0.05) is 0 Å². The second-order valence-corrected chi connectivity index (χ2v) is 23.9. The van der Waals surface area contributed by atoms with Crippen LogP contribution in [0.1, 0.15) is 0 Å². The standard InChI is InChI=1S/2C24H20OS2.FH.Sb/c2*25-27(22-12-6-2-7-13-22,23-14-8-3-9-15-23)24-18-16-21(17-19-24)26-20-10-4-1-5-11-20;;/h2*1-19,25H;1H;/q;;;+3/p-3. The Bertz CT molecular complexity index is 2160. The summed E-state index contributed by atoms with van der Waals surface area (Å²) in [4.78, 5) is 9.95. The van der Waals surface area contributed by atoms with Gasteiger partial charge in [-0.1, -0.05) is 0 Å². The Hall–Kier alpha value is -4.17. The van der Waals surface area contributed by atoms with Crippen LogP contribution in [0.4, 0.5) is 2.81 Å². The van der Waals surface area contributed by atoms with E-state index < -0.39 is 42.2 Å². The molecule has 2 nitrogen and oxygen atoms in total. The minimum absolute atomic E-state index is 0.908. The molecule has 0 atom stereocenters. The van der Waals surface area contributed by atoms with Gasteiger partial charge in [0.05, 0.1) is 0 Å². The molecule has 0 saturated heterocycles. The third-order valence-corrected chi connectivity index (χ3v) is 23.1. The van der Waals surface area contributed by atoms with Crippen molar-refractivity contribution in [3.63, 3.8) is 0 Å². The molecule has 8 rings (SSSR count). The molecule has 0 aliphatic heterocycles. The van der Waals surface area contributed by atoms with Gasteiger partial charge in [-0.25, -0.2) is 0 Å². The van der Waals surface area contributed by atoms with E-state index in [0.29, 0.717) is 0 Å². The van der Waals surface area contributed by atoms with Crippen LogP contribution in [0.2, 0.25) is 0 Å². The molecule has 8 aromatic rings. The second kappa shape index (κ2) is 18.4. The van der Waals surface area contributed by atoms with E-state index in [0.717, 1.165) is 49.0 Å². The summed E-state index contributed by atoms with van der Waals surface area (Å²) in [6.07, 6.45) is 0. The van der Waals surface area contributed by atoms with Crippen molar-refractivity contribution in [2.45, 2.75) is 49.0 Å². The first kappa shape index (κ1) is 38.7. The Kier molecular flexibility index (Phi) is 12.7. The number of hydrogen-bond donors (Lipinski definition) is 0. The predicted octanol–water partition coefficient (Wildman–Crippen LogP) is 15.1. The van der Waals surface area contributed by atoms with Crippen molar-refractivity contribution in [2.75, 3.05) is 0 Å². The molecule has 0 heterocycles. The second-order valence-electron chi connectivity index (χ2n) is 12.5. The van der Waals surface area contributed by atoms with Crippen molar-refractivity contribution in [1.82, 2.24) is 0 Å². The summed E-state index contributed by atoms with van der Waals surface area (Å²) in [6, 6.07) is 77.9. The van der Waals surface area contributed by atoms with E-state index in [1.54, 1.807) is 23.5 Å². The van der Waals surface area contributed by atoms with Gasteiger partial charge >= 0.3 is 353 Å². The average Bonchev–Trinajstić information content (AvgIpc) is 3.27. The monoisotopic (exact) mass is 914 g/mol. The van der Waals surface area contributed by atoms with E-state index in [9.17, 15) is 0 Å². The third-order valence-electron chi connectivity index (χ3n) is 8.91. The van der Waals surface area contributed by atoms with Crippen LogP contribution in [-0.2, 0) is 4.92 Å². The quantitative estimate of drug-likeness (QED) is 0.101. The summed E-state index contributed by atoms with van der Waals surface area (Å²) in [7, 11) is -5.20. The van der Waals surface area contributed by atoms with Crippen LogP contribution >= 0.6 is 44.1 Å². The van der Waals surface area contributed by atoms with Crippen molar-refractivity contribution in [3.05, 3.63) is 231 Å². The molecule has 0 saturated carbocycles. The molecular formula is C48H38FO2S4Sb. The van der Waals surface area contributed by atoms with Crippen molar-refractivity contribution in [3.8, 4) is 0 Å². The summed E-state index contributed by atoms with van der Waals surface area (Å²) in [5.41, 5.74) is 0. The Morgan fingerprint density at radius 1 is 0.286 bits per heavy atom. The zero-order valence-electron chi connectivity index (χ0n) is 30.2. The van der Waals surface area contributed by atoms with Gasteiger partial charge in [-0.2, -0.15) is 0 Å². The number of rotatable bonds is 14. The number of halogens is 1. The molecule has 56 heavy (non-hydrogen) atoms. The molecule has 8 aromatic carbocycles. The summed E-state index contributed by atoms with van der Waals surface area (Å²) >= 11 is -1.26. The molecule has 0 unspecified atom stereocenters. The normalized spacial score (nSPS) is 12.3. The van der Waals surface area contributed by atoms with Crippen LogP contribution in [-0.4, -0.2) is 21.6 Å². The first-order chi connectivity index (χ1) is 27.6. The first-order valence-corrected chi connectivity index (χ1v) is 25.8. The molecule has 0 spiro atoms. The summed E-state index contributed by atoms with van der Waals surface area (Å²) in [5.74, 6) is 0. The zero-order chi connectivity index (χ0) is 38.0. The molecular weight excluding hydrogens is 878 g/mol. The van der Waals surface area contributed by atoms with Crippen LogP contribution in [0.5, 0.6) is 0 Å². The van der Waals surface area contributed by atoms with Crippen LogP contribution in [0, 0.1) is 0 Å². The van der Waals surface area contributed by atoms with Gasteiger partial charge in [-0.3, -0.25) is 0 Å². The number of benzene rings is 8. The minimum atomic E-state index is -4.65. The first-order valence-electron chi connectivity index (χ1n) is 18.0. The molecule has 0 aliphatic carbocycles. The van der Waals surface area contributed by atoms with Gasteiger partial charge < -0.3 is 0 Å². The van der Waals surface area contributed by atoms with Crippen LogP contribution in [0.15, 0.2) is 279 Å². The maximum absolute atomic E-state index is 18.0. The topological polar surface area (TPSA) is 18.5 Å². The van der Waals surface area contributed by atoms with Gasteiger partial charge in [-0.05, 0) is 0 Å². The molecule has 0 aromatic heterocycles. The van der Waals surface area contributed by atoms with Crippen molar-refractivity contribution >= 4 is 65.8 Å². The van der Waals surface area contributed by atoms with Crippen LogP contribution in [0.25, 0.3) is 0 Å². The molecule has 0 radical (unpaired) electrons.